The van der Waals surface area contributed by atoms with Crippen LogP contribution in [0.5, 0.6) is 5.75 Å². The van der Waals surface area contributed by atoms with Crippen molar-refractivity contribution in [3.63, 3.8) is 0 Å². The van der Waals surface area contributed by atoms with Gasteiger partial charge in [-0.15, -0.1) is 0 Å². The molecule has 0 aliphatic heterocycles. The Balaban J connectivity index is 3.44. The summed E-state index contributed by atoms with van der Waals surface area (Å²) in [6, 6.07) is 5.57. The number of hydrogen-bond acceptors (Lipinski definition) is 3. The standard InChI is InChI=1S/C11H14N2O/c1-7-4-8(2)10(14)9(5-7)11(3,13)6-12/h4-5,14H,13H2,1-3H3/t11-/m0/s1. The van der Waals surface area contributed by atoms with E-state index in [-0.39, 0.29) is 5.75 Å². The molecule has 3 heteroatoms. The fourth-order valence-electron chi connectivity index (χ4n) is 1.42. The van der Waals surface area contributed by atoms with Gasteiger partial charge in [-0.05, 0) is 32.4 Å². The lowest BCUT2D eigenvalue weighted by Gasteiger charge is -2.19. The fraction of sp³-hybridized carbons (Fsp3) is 0.364. The van der Waals surface area contributed by atoms with E-state index < -0.39 is 5.54 Å². The number of rotatable bonds is 1. The summed E-state index contributed by atoms with van der Waals surface area (Å²) in [5.41, 5.74) is 6.83. The van der Waals surface area contributed by atoms with Gasteiger partial charge in [0, 0.05) is 5.56 Å². The molecule has 0 heterocycles. The molecule has 0 aromatic heterocycles. The maximum Gasteiger partial charge on any atom is 0.130 e. The Labute approximate surface area is 83.8 Å². The van der Waals surface area contributed by atoms with Gasteiger partial charge >= 0.3 is 0 Å². The monoisotopic (exact) mass is 190 g/mol. The van der Waals surface area contributed by atoms with Crippen LogP contribution in [0.4, 0.5) is 0 Å². The van der Waals surface area contributed by atoms with Crippen molar-refractivity contribution in [2.45, 2.75) is 26.3 Å². The second-order valence-corrected chi connectivity index (χ2v) is 3.79. The molecule has 1 rings (SSSR count). The van der Waals surface area contributed by atoms with Gasteiger partial charge in [-0.3, -0.25) is 0 Å². The molecule has 0 spiro atoms. The molecule has 0 saturated heterocycles. The van der Waals surface area contributed by atoms with Crippen LogP contribution in [-0.4, -0.2) is 5.11 Å². The van der Waals surface area contributed by atoms with Gasteiger partial charge in [0.2, 0.25) is 0 Å². The number of aryl methyl sites for hydroxylation is 2. The van der Waals surface area contributed by atoms with E-state index >= 15 is 0 Å². The minimum Gasteiger partial charge on any atom is -0.507 e. The third-order valence-electron chi connectivity index (χ3n) is 2.24. The van der Waals surface area contributed by atoms with E-state index in [1.54, 1.807) is 19.9 Å². The molecular formula is C11H14N2O. The molecule has 14 heavy (non-hydrogen) atoms. The van der Waals surface area contributed by atoms with Crippen molar-refractivity contribution in [2.24, 2.45) is 5.73 Å². The Morgan fingerprint density at radius 3 is 2.50 bits per heavy atom. The smallest absolute Gasteiger partial charge is 0.130 e. The van der Waals surface area contributed by atoms with Crippen molar-refractivity contribution in [3.8, 4) is 11.8 Å². The highest BCUT2D eigenvalue weighted by molar-refractivity contribution is 5.48. The lowest BCUT2D eigenvalue weighted by atomic mass is 9.91. The summed E-state index contributed by atoms with van der Waals surface area (Å²) in [6.45, 7) is 5.28. The van der Waals surface area contributed by atoms with E-state index in [9.17, 15) is 5.11 Å². The average Bonchev–Trinajstić information content (AvgIpc) is 2.11. The Hall–Kier alpha value is -1.53. The largest absolute Gasteiger partial charge is 0.507 e. The van der Waals surface area contributed by atoms with Gasteiger partial charge in [-0.25, -0.2) is 0 Å². The molecule has 1 aromatic rings. The van der Waals surface area contributed by atoms with Crippen LogP contribution in [0.2, 0.25) is 0 Å². The summed E-state index contributed by atoms with van der Waals surface area (Å²) in [4.78, 5) is 0. The van der Waals surface area contributed by atoms with Crippen molar-refractivity contribution in [2.75, 3.05) is 0 Å². The number of nitriles is 1. The number of benzene rings is 1. The summed E-state index contributed by atoms with van der Waals surface area (Å²) < 4.78 is 0. The minimum atomic E-state index is -1.14. The molecule has 0 aliphatic carbocycles. The highest BCUT2D eigenvalue weighted by Gasteiger charge is 2.25. The highest BCUT2D eigenvalue weighted by Crippen LogP contribution is 2.30. The molecule has 0 radical (unpaired) electrons. The predicted molar refractivity (Wildman–Crippen MR) is 54.7 cm³/mol. The second-order valence-electron chi connectivity index (χ2n) is 3.79. The van der Waals surface area contributed by atoms with E-state index in [4.69, 9.17) is 11.0 Å². The quantitative estimate of drug-likeness (QED) is 0.708. The summed E-state index contributed by atoms with van der Waals surface area (Å²) >= 11 is 0. The Bertz CT molecular complexity index is 402. The summed E-state index contributed by atoms with van der Waals surface area (Å²) in [5, 5.41) is 18.6. The van der Waals surface area contributed by atoms with Crippen molar-refractivity contribution < 1.29 is 5.11 Å². The Morgan fingerprint density at radius 1 is 1.43 bits per heavy atom. The predicted octanol–water partition coefficient (Wildman–Crippen LogP) is 1.71. The van der Waals surface area contributed by atoms with Gasteiger partial charge in [0.1, 0.15) is 11.3 Å². The number of nitrogens with zero attached hydrogens (tertiary/aromatic N) is 1. The summed E-state index contributed by atoms with van der Waals surface area (Å²) in [6.07, 6.45) is 0. The zero-order chi connectivity index (χ0) is 10.9. The molecule has 0 aliphatic rings. The SMILES string of the molecule is Cc1cc(C)c(O)c([C@@](C)(N)C#N)c1. The van der Waals surface area contributed by atoms with Crippen LogP contribution in [0, 0.1) is 25.2 Å². The van der Waals surface area contributed by atoms with Crippen LogP contribution in [0.1, 0.15) is 23.6 Å². The molecule has 3 N–H and O–H groups in total. The van der Waals surface area contributed by atoms with Crippen LogP contribution in [0.25, 0.3) is 0 Å². The number of aromatic hydroxyl groups is 1. The maximum atomic E-state index is 9.76. The van der Waals surface area contributed by atoms with E-state index in [1.807, 2.05) is 19.1 Å². The first-order valence-electron chi connectivity index (χ1n) is 4.39. The van der Waals surface area contributed by atoms with E-state index in [2.05, 4.69) is 0 Å². The highest BCUT2D eigenvalue weighted by atomic mass is 16.3. The second kappa shape index (κ2) is 3.32. The molecule has 3 nitrogen and oxygen atoms in total. The lowest BCUT2D eigenvalue weighted by Crippen LogP contribution is -2.31. The minimum absolute atomic E-state index is 0.113. The number of phenolic OH excluding ortho intramolecular Hbond substituents is 1. The molecule has 1 aromatic carbocycles. The van der Waals surface area contributed by atoms with Crippen LogP contribution in [0.3, 0.4) is 0 Å². The van der Waals surface area contributed by atoms with Crippen LogP contribution >= 0.6 is 0 Å². The third-order valence-corrected chi connectivity index (χ3v) is 2.24. The topological polar surface area (TPSA) is 70.0 Å². The van der Waals surface area contributed by atoms with Gasteiger partial charge in [-0.1, -0.05) is 11.6 Å². The van der Waals surface area contributed by atoms with Crippen molar-refractivity contribution in [1.29, 1.82) is 5.26 Å². The fourth-order valence-corrected chi connectivity index (χ4v) is 1.42. The first-order valence-corrected chi connectivity index (χ1v) is 4.39. The molecule has 0 saturated carbocycles. The molecule has 0 bridgehead atoms. The Morgan fingerprint density at radius 2 is 2.00 bits per heavy atom. The third kappa shape index (κ3) is 1.70. The van der Waals surface area contributed by atoms with E-state index in [1.165, 1.54) is 0 Å². The van der Waals surface area contributed by atoms with Gasteiger partial charge in [0.25, 0.3) is 0 Å². The van der Waals surface area contributed by atoms with Crippen molar-refractivity contribution in [3.05, 3.63) is 28.8 Å². The molecule has 0 amide bonds. The van der Waals surface area contributed by atoms with Gasteiger partial charge in [0.05, 0.1) is 6.07 Å². The van der Waals surface area contributed by atoms with Gasteiger partial charge < -0.3 is 10.8 Å². The zero-order valence-electron chi connectivity index (χ0n) is 8.63. The number of phenols is 1. The van der Waals surface area contributed by atoms with Crippen LogP contribution in [0.15, 0.2) is 12.1 Å². The molecular weight excluding hydrogens is 176 g/mol. The van der Waals surface area contributed by atoms with Crippen LogP contribution in [-0.2, 0) is 5.54 Å². The van der Waals surface area contributed by atoms with Gasteiger partial charge in [-0.2, -0.15) is 5.26 Å². The summed E-state index contributed by atoms with van der Waals surface area (Å²) in [5.74, 6) is 0.113. The molecule has 74 valence electrons. The Kier molecular flexibility index (Phi) is 2.50. The van der Waals surface area contributed by atoms with Crippen LogP contribution < -0.4 is 5.73 Å². The molecule has 0 unspecified atom stereocenters. The van der Waals surface area contributed by atoms with E-state index in [0.29, 0.717) is 5.56 Å². The zero-order valence-corrected chi connectivity index (χ0v) is 8.63. The van der Waals surface area contributed by atoms with E-state index in [0.717, 1.165) is 11.1 Å². The average molecular weight is 190 g/mol. The first-order chi connectivity index (χ1) is 6.38. The van der Waals surface area contributed by atoms with Gasteiger partial charge in [0.15, 0.2) is 0 Å². The number of hydrogen-bond donors (Lipinski definition) is 2. The number of nitrogens with two attached hydrogens (primary N) is 1. The lowest BCUT2D eigenvalue weighted by molar-refractivity contribution is 0.449. The summed E-state index contributed by atoms with van der Waals surface area (Å²) in [7, 11) is 0. The van der Waals surface area contributed by atoms with Crippen molar-refractivity contribution >= 4 is 0 Å². The first kappa shape index (κ1) is 10.6. The van der Waals surface area contributed by atoms with Crippen molar-refractivity contribution in [1.82, 2.24) is 0 Å². The molecule has 1 atom stereocenters. The maximum absolute atomic E-state index is 9.76. The normalized spacial score (nSPS) is 14.5. The molecule has 0 fully saturated rings.